The Labute approximate surface area is 154 Å². The maximum atomic E-state index is 12.5. The zero-order valence-electron chi connectivity index (χ0n) is 13.6. The second-order valence-electron chi connectivity index (χ2n) is 6.53. The van der Waals surface area contributed by atoms with Gasteiger partial charge in [-0.15, -0.1) is 11.3 Å². The molecule has 2 amide bonds. The van der Waals surface area contributed by atoms with E-state index in [0.717, 1.165) is 18.4 Å². The summed E-state index contributed by atoms with van der Waals surface area (Å²) in [5, 5.41) is 2.60. The number of carbonyl (C=O) groups is 2. The summed E-state index contributed by atoms with van der Waals surface area (Å²) in [5.74, 6) is -0.429. The number of thiazole rings is 1. The van der Waals surface area contributed by atoms with Gasteiger partial charge < -0.3 is 9.47 Å². The molecular formula is C18H18ClN3O2S. The van der Waals surface area contributed by atoms with Crippen LogP contribution < -0.4 is 4.80 Å². The maximum Gasteiger partial charge on any atom is 0.253 e. The van der Waals surface area contributed by atoms with Crippen molar-refractivity contribution < 1.29 is 9.59 Å². The maximum absolute atomic E-state index is 12.5. The van der Waals surface area contributed by atoms with Gasteiger partial charge in [0, 0.05) is 35.6 Å². The van der Waals surface area contributed by atoms with E-state index in [0.29, 0.717) is 29.0 Å². The lowest BCUT2D eigenvalue weighted by Gasteiger charge is -2.14. The number of nitrogens with zero attached hydrogens (tertiary/aromatic N) is 3. The molecule has 7 heteroatoms. The van der Waals surface area contributed by atoms with Gasteiger partial charge in [-0.2, -0.15) is 4.99 Å². The topological polar surface area (TPSA) is 54.7 Å². The van der Waals surface area contributed by atoms with Crippen LogP contribution in [0.15, 0.2) is 40.8 Å². The van der Waals surface area contributed by atoms with Crippen molar-refractivity contribution in [2.45, 2.75) is 31.8 Å². The second kappa shape index (κ2) is 6.77. The van der Waals surface area contributed by atoms with Gasteiger partial charge in [0.25, 0.3) is 5.91 Å². The number of benzene rings is 1. The fraction of sp³-hybridized carbons (Fsp3) is 0.389. The van der Waals surface area contributed by atoms with Crippen molar-refractivity contribution >= 4 is 34.8 Å². The minimum Gasteiger partial charge on any atom is -0.339 e. The van der Waals surface area contributed by atoms with E-state index < -0.39 is 0 Å². The Kier molecular flexibility index (Phi) is 4.48. The minimum absolute atomic E-state index is 0.0890. The molecular weight excluding hydrogens is 358 g/mol. The van der Waals surface area contributed by atoms with E-state index in [1.165, 1.54) is 11.3 Å². The first-order valence-corrected chi connectivity index (χ1v) is 9.63. The van der Waals surface area contributed by atoms with E-state index in [9.17, 15) is 9.59 Å². The summed E-state index contributed by atoms with van der Waals surface area (Å²) < 4.78 is 1.92. The van der Waals surface area contributed by atoms with Crippen molar-refractivity contribution in [1.82, 2.24) is 9.47 Å². The Hall–Kier alpha value is -1.92. The number of hydrogen-bond acceptors (Lipinski definition) is 3. The molecule has 25 heavy (non-hydrogen) atoms. The van der Waals surface area contributed by atoms with Crippen molar-refractivity contribution in [3.05, 3.63) is 51.2 Å². The smallest absolute Gasteiger partial charge is 0.253 e. The van der Waals surface area contributed by atoms with Crippen LogP contribution in [0.4, 0.5) is 0 Å². The van der Waals surface area contributed by atoms with E-state index in [4.69, 9.17) is 11.6 Å². The van der Waals surface area contributed by atoms with Gasteiger partial charge in [-0.3, -0.25) is 9.59 Å². The minimum atomic E-state index is -0.316. The molecule has 1 aromatic heterocycles. The van der Waals surface area contributed by atoms with Crippen LogP contribution in [0.2, 0.25) is 5.02 Å². The second-order valence-corrected chi connectivity index (χ2v) is 7.81. The summed E-state index contributed by atoms with van der Waals surface area (Å²) in [6.07, 6.45) is 4.31. The molecule has 1 saturated carbocycles. The van der Waals surface area contributed by atoms with Gasteiger partial charge in [0.1, 0.15) is 0 Å². The fourth-order valence-corrected chi connectivity index (χ4v) is 4.07. The Balaban J connectivity index is 1.52. The highest BCUT2D eigenvalue weighted by Gasteiger charge is 2.41. The highest BCUT2D eigenvalue weighted by molar-refractivity contribution is 7.07. The highest BCUT2D eigenvalue weighted by atomic mass is 35.5. The molecule has 1 atom stereocenters. The van der Waals surface area contributed by atoms with E-state index in [1.807, 2.05) is 45.3 Å². The number of rotatable bonds is 4. The molecule has 1 aliphatic heterocycles. The van der Waals surface area contributed by atoms with Crippen molar-refractivity contribution in [1.29, 1.82) is 0 Å². The van der Waals surface area contributed by atoms with Crippen molar-refractivity contribution in [3.63, 3.8) is 0 Å². The largest absolute Gasteiger partial charge is 0.339 e. The molecule has 1 unspecified atom stereocenters. The van der Waals surface area contributed by atoms with E-state index >= 15 is 0 Å². The van der Waals surface area contributed by atoms with Crippen molar-refractivity contribution in [2.75, 3.05) is 6.54 Å². The molecule has 0 bridgehead atoms. The average molecular weight is 376 g/mol. The van der Waals surface area contributed by atoms with Gasteiger partial charge in [-0.05, 0) is 24.5 Å². The van der Waals surface area contributed by atoms with Crippen molar-refractivity contribution in [2.24, 2.45) is 10.9 Å². The SMILES string of the molecule is O=C(N=c1sccn1Cc1ccccc1Cl)C1CC(=O)N(C2CC2)C1. The number of carbonyl (C=O) groups excluding carboxylic acids is 2. The first-order valence-electron chi connectivity index (χ1n) is 8.37. The van der Waals surface area contributed by atoms with E-state index in [2.05, 4.69) is 4.99 Å². The van der Waals surface area contributed by atoms with Crippen LogP contribution in [-0.4, -0.2) is 33.9 Å². The molecule has 1 aliphatic carbocycles. The Morgan fingerprint density at radius 2 is 2.12 bits per heavy atom. The highest BCUT2D eigenvalue weighted by Crippen LogP contribution is 2.32. The van der Waals surface area contributed by atoms with Crippen LogP contribution in [-0.2, 0) is 16.1 Å². The first-order chi connectivity index (χ1) is 12.1. The number of hydrogen-bond donors (Lipinski definition) is 0. The summed E-state index contributed by atoms with van der Waals surface area (Å²) in [6, 6.07) is 8.00. The van der Waals surface area contributed by atoms with Gasteiger partial charge in [0.15, 0.2) is 4.80 Å². The molecule has 0 spiro atoms. The van der Waals surface area contributed by atoms with E-state index in [-0.39, 0.29) is 24.2 Å². The molecule has 2 aliphatic rings. The summed E-state index contributed by atoms with van der Waals surface area (Å²) in [5.41, 5.74) is 0.979. The number of likely N-dealkylation sites (tertiary alicyclic amines) is 1. The first kappa shape index (κ1) is 16.5. The lowest BCUT2D eigenvalue weighted by molar-refractivity contribution is -0.128. The molecule has 2 fully saturated rings. The summed E-state index contributed by atoms with van der Waals surface area (Å²) in [4.78, 5) is 31.4. The van der Waals surface area contributed by atoms with Crippen LogP contribution in [0.5, 0.6) is 0 Å². The molecule has 5 nitrogen and oxygen atoms in total. The zero-order valence-corrected chi connectivity index (χ0v) is 15.2. The molecule has 4 rings (SSSR count). The van der Waals surface area contributed by atoms with Crippen LogP contribution >= 0.6 is 22.9 Å². The normalized spacial score (nSPS) is 21.2. The van der Waals surface area contributed by atoms with Crippen LogP contribution in [0.1, 0.15) is 24.8 Å². The van der Waals surface area contributed by atoms with Gasteiger partial charge in [0.2, 0.25) is 5.91 Å². The molecule has 0 N–H and O–H groups in total. The third kappa shape index (κ3) is 3.55. The quantitative estimate of drug-likeness (QED) is 0.825. The average Bonchev–Trinajstić information content (AvgIpc) is 3.23. The number of amides is 2. The van der Waals surface area contributed by atoms with Gasteiger partial charge >= 0.3 is 0 Å². The van der Waals surface area contributed by atoms with Gasteiger partial charge in [-0.25, -0.2) is 0 Å². The van der Waals surface area contributed by atoms with Crippen LogP contribution in [0.25, 0.3) is 0 Å². The third-order valence-corrected chi connectivity index (χ3v) is 5.82. The monoisotopic (exact) mass is 375 g/mol. The van der Waals surface area contributed by atoms with Crippen molar-refractivity contribution in [3.8, 4) is 0 Å². The van der Waals surface area contributed by atoms with Gasteiger partial charge in [-0.1, -0.05) is 29.8 Å². The van der Waals surface area contributed by atoms with Gasteiger partial charge in [0.05, 0.1) is 12.5 Å². The number of halogens is 1. The van der Waals surface area contributed by atoms with Crippen LogP contribution in [0.3, 0.4) is 0 Å². The number of aromatic nitrogens is 1. The van der Waals surface area contributed by atoms with E-state index in [1.54, 1.807) is 0 Å². The predicted octanol–water partition coefficient (Wildman–Crippen LogP) is 2.69. The molecule has 1 aromatic carbocycles. The molecule has 0 radical (unpaired) electrons. The lowest BCUT2D eigenvalue weighted by atomic mass is 10.1. The summed E-state index contributed by atoms with van der Waals surface area (Å²) >= 11 is 7.64. The summed E-state index contributed by atoms with van der Waals surface area (Å²) in [6.45, 7) is 1.08. The molecule has 2 heterocycles. The summed E-state index contributed by atoms with van der Waals surface area (Å²) in [7, 11) is 0. The predicted molar refractivity (Wildman–Crippen MR) is 96.3 cm³/mol. The molecule has 130 valence electrons. The third-order valence-electron chi connectivity index (χ3n) is 4.66. The Morgan fingerprint density at radius 1 is 1.32 bits per heavy atom. The standard InChI is InChI=1S/C18H18ClN3O2S/c19-15-4-2-1-3-12(15)10-21-7-8-25-18(21)20-17(24)13-9-16(23)22(11-13)14-5-6-14/h1-4,7-8,13-14H,5-6,9-11H2. The molecule has 2 aromatic rings. The van der Waals surface area contributed by atoms with Crippen LogP contribution in [0, 0.1) is 5.92 Å². The fourth-order valence-electron chi connectivity index (χ4n) is 3.14. The Bertz CT molecular complexity index is 884. The zero-order chi connectivity index (χ0) is 17.4. The lowest BCUT2D eigenvalue weighted by Crippen LogP contribution is -2.28. The Morgan fingerprint density at radius 3 is 2.88 bits per heavy atom. The molecule has 1 saturated heterocycles.